The molecule has 0 atom stereocenters. The maximum atomic E-state index is 13.4. The van der Waals surface area contributed by atoms with Crippen molar-refractivity contribution in [3.8, 4) is 0 Å². The van der Waals surface area contributed by atoms with E-state index in [2.05, 4.69) is 9.88 Å². The predicted octanol–water partition coefficient (Wildman–Crippen LogP) is 2.26. The van der Waals surface area contributed by atoms with Gasteiger partial charge in [0.1, 0.15) is 11.6 Å². The highest BCUT2D eigenvalue weighted by Gasteiger charge is 2.46. The number of amides is 1. The fraction of sp³-hybridized carbons (Fsp3) is 0.429. The van der Waals surface area contributed by atoms with Gasteiger partial charge in [-0.2, -0.15) is 0 Å². The Kier molecular flexibility index (Phi) is 5.37. The van der Waals surface area contributed by atoms with E-state index in [0.29, 0.717) is 44.8 Å². The molecule has 5 nitrogen and oxygen atoms in total. The van der Waals surface area contributed by atoms with Crippen LogP contribution in [0.4, 0.5) is 8.78 Å². The van der Waals surface area contributed by atoms with Crippen LogP contribution in [0.2, 0.25) is 0 Å². The Bertz CT molecular complexity index is 821. The Balaban J connectivity index is 1.36. The molecule has 0 saturated carbocycles. The van der Waals surface area contributed by atoms with Crippen molar-refractivity contribution in [1.29, 1.82) is 0 Å². The molecule has 2 aliphatic heterocycles. The first-order valence-corrected chi connectivity index (χ1v) is 9.43. The van der Waals surface area contributed by atoms with Gasteiger partial charge in [0.25, 0.3) is 0 Å². The van der Waals surface area contributed by atoms with Crippen molar-refractivity contribution in [2.24, 2.45) is 5.41 Å². The Hall–Kier alpha value is -2.38. The molecule has 148 valence electrons. The molecule has 1 amide bonds. The third-order valence-corrected chi connectivity index (χ3v) is 5.32. The summed E-state index contributed by atoms with van der Waals surface area (Å²) in [4.78, 5) is 20.8. The number of carbonyl (C=O) groups excluding carboxylic acids is 1. The normalized spacial score (nSPS) is 19.3. The van der Waals surface area contributed by atoms with Crippen molar-refractivity contribution in [1.82, 2.24) is 14.8 Å². The van der Waals surface area contributed by atoms with Crippen LogP contribution < -0.4 is 0 Å². The number of nitrogens with zero attached hydrogens (tertiary/aromatic N) is 3. The van der Waals surface area contributed by atoms with Crippen molar-refractivity contribution in [2.45, 2.75) is 13.0 Å². The lowest BCUT2D eigenvalue weighted by atomic mass is 9.79. The minimum absolute atomic E-state index is 0.0727. The Morgan fingerprint density at radius 3 is 2.64 bits per heavy atom. The Morgan fingerprint density at radius 1 is 1.14 bits per heavy atom. The second-order valence-corrected chi connectivity index (χ2v) is 7.83. The van der Waals surface area contributed by atoms with Crippen molar-refractivity contribution < 1.29 is 18.3 Å². The predicted molar refractivity (Wildman–Crippen MR) is 99.4 cm³/mol. The molecule has 2 aliphatic rings. The molecular weight excluding hydrogens is 364 g/mol. The number of halogens is 2. The van der Waals surface area contributed by atoms with Gasteiger partial charge in [-0.05, 0) is 29.3 Å². The SMILES string of the molecule is O=C(Cc1cccnc1)N1CCOCC2(CN(Cc3cc(F)cc(F)c3)C2)C1. The monoisotopic (exact) mass is 387 g/mol. The van der Waals surface area contributed by atoms with Gasteiger partial charge in [-0.1, -0.05) is 6.07 Å². The summed E-state index contributed by atoms with van der Waals surface area (Å²) in [6.07, 6.45) is 3.73. The van der Waals surface area contributed by atoms with Gasteiger partial charge in [-0.3, -0.25) is 14.7 Å². The van der Waals surface area contributed by atoms with E-state index in [1.54, 1.807) is 12.4 Å². The van der Waals surface area contributed by atoms with E-state index >= 15 is 0 Å². The molecule has 0 aliphatic carbocycles. The molecule has 2 saturated heterocycles. The summed E-state index contributed by atoms with van der Waals surface area (Å²) < 4.78 is 32.6. The van der Waals surface area contributed by atoms with Crippen LogP contribution in [0.3, 0.4) is 0 Å². The van der Waals surface area contributed by atoms with E-state index in [1.165, 1.54) is 12.1 Å². The number of hydrogen-bond donors (Lipinski definition) is 0. The minimum atomic E-state index is -0.560. The fourth-order valence-electron chi connectivity index (χ4n) is 4.16. The lowest BCUT2D eigenvalue weighted by Gasteiger charge is -2.50. The molecule has 1 aromatic carbocycles. The van der Waals surface area contributed by atoms with E-state index < -0.39 is 11.6 Å². The quantitative estimate of drug-likeness (QED) is 0.808. The van der Waals surface area contributed by atoms with Gasteiger partial charge in [0.2, 0.25) is 5.91 Å². The van der Waals surface area contributed by atoms with Gasteiger partial charge < -0.3 is 9.64 Å². The maximum Gasteiger partial charge on any atom is 0.227 e. The van der Waals surface area contributed by atoms with Crippen LogP contribution in [0.1, 0.15) is 11.1 Å². The van der Waals surface area contributed by atoms with Crippen LogP contribution in [0, 0.1) is 17.0 Å². The summed E-state index contributed by atoms with van der Waals surface area (Å²) in [6.45, 7) is 4.30. The fourth-order valence-corrected chi connectivity index (χ4v) is 4.16. The molecule has 0 N–H and O–H groups in total. The van der Waals surface area contributed by atoms with Gasteiger partial charge in [0.15, 0.2) is 0 Å². The molecule has 7 heteroatoms. The first kappa shape index (κ1) is 19.0. The zero-order chi connectivity index (χ0) is 19.6. The van der Waals surface area contributed by atoms with Crippen LogP contribution in [0.5, 0.6) is 0 Å². The highest BCUT2D eigenvalue weighted by atomic mass is 19.1. The number of hydrogen-bond acceptors (Lipinski definition) is 4. The van der Waals surface area contributed by atoms with Gasteiger partial charge in [0, 0.05) is 56.6 Å². The number of likely N-dealkylation sites (tertiary alicyclic amines) is 1. The number of carbonyl (C=O) groups is 1. The van der Waals surface area contributed by atoms with E-state index in [0.717, 1.165) is 24.7 Å². The van der Waals surface area contributed by atoms with Crippen LogP contribution in [0.15, 0.2) is 42.7 Å². The third kappa shape index (κ3) is 4.36. The van der Waals surface area contributed by atoms with Crippen molar-refractivity contribution in [3.63, 3.8) is 0 Å². The van der Waals surface area contributed by atoms with Crippen LogP contribution in [-0.2, 0) is 22.5 Å². The van der Waals surface area contributed by atoms with E-state index in [9.17, 15) is 13.6 Å². The maximum absolute atomic E-state index is 13.4. The number of benzene rings is 1. The average molecular weight is 387 g/mol. The molecule has 4 rings (SSSR count). The molecule has 0 unspecified atom stereocenters. The van der Waals surface area contributed by atoms with Crippen molar-refractivity contribution >= 4 is 5.91 Å². The largest absolute Gasteiger partial charge is 0.379 e. The molecular formula is C21H23F2N3O2. The summed E-state index contributed by atoms with van der Waals surface area (Å²) in [7, 11) is 0. The van der Waals surface area contributed by atoms with Crippen molar-refractivity contribution in [3.05, 3.63) is 65.5 Å². The van der Waals surface area contributed by atoms with Gasteiger partial charge in [-0.15, -0.1) is 0 Å². The van der Waals surface area contributed by atoms with E-state index in [4.69, 9.17) is 4.74 Å². The third-order valence-electron chi connectivity index (χ3n) is 5.32. The zero-order valence-electron chi connectivity index (χ0n) is 15.6. The summed E-state index contributed by atoms with van der Waals surface area (Å²) in [5, 5.41) is 0. The summed E-state index contributed by atoms with van der Waals surface area (Å²) in [5.74, 6) is -1.05. The first-order valence-electron chi connectivity index (χ1n) is 9.43. The van der Waals surface area contributed by atoms with E-state index in [1.807, 2.05) is 17.0 Å². The second-order valence-electron chi connectivity index (χ2n) is 7.83. The van der Waals surface area contributed by atoms with Gasteiger partial charge in [0.05, 0.1) is 19.6 Å². The standard InChI is InChI=1S/C21H23F2N3O2/c22-18-6-17(7-19(23)9-18)11-25-12-21(13-25)14-26(4-5-28-15-21)20(27)8-16-2-1-3-24-10-16/h1-3,6-7,9-10H,4-5,8,11-15H2. The molecule has 3 heterocycles. The molecule has 1 spiro atoms. The molecule has 2 aromatic rings. The lowest BCUT2D eigenvalue weighted by Crippen LogP contribution is -2.62. The highest BCUT2D eigenvalue weighted by molar-refractivity contribution is 5.78. The molecule has 0 radical (unpaired) electrons. The minimum Gasteiger partial charge on any atom is -0.379 e. The zero-order valence-corrected chi connectivity index (χ0v) is 15.6. The summed E-state index contributed by atoms with van der Waals surface area (Å²) in [5.41, 5.74) is 1.40. The number of aromatic nitrogens is 1. The summed E-state index contributed by atoms with van der Waals surface area (Å²) >= 11 is 0. The average Bonchev–Trinajstić information content (AvgIpc) is 2.85. The summed E-state index contributed by atoms with van der Waals surface area (Å²) in [6, 6.07) is 7.33. The van der Waals surface area contributed by atoms with Gasteiger partial charge >= 0.3 is 0 Å². The van der Waals surface area contributed by atoms with Crippen molar-refractivity contribution in [2.75, 3.05) is 39.4 Å². The van der Waals surface area contributed by atoms with Crippen LogP contribution in [0.25, 0.3) is 0 Å². The molecule has 1 aromatic heterocycles. The topological polar surface area (TPSA) is 45.7 Å². The Labute approximate surface area is 162 Å². The lowest BCUT2D eigenvalue weighted by molar-refractivity contribution is -0.134. The molecule has 0 bridgehead atoms. The smallest absolute Gasteiger partial charge is 0.227 e. The highest BCUT2D eigenvalue weighted by Crippen LogP contribution is 2.34. The number of pyridine rings is 1. The number of ether oxygens (including phenoxy) is 1. The first-order chi connectivity index (χ1) is 13.5. The Morgan fingerprint density at radius 2 is 1.93 bits per heavy atom. The van der Waals surface area contributed by atoms with Crippen LogP contribution in [-0.4, -0.2) is 60.1 Å². The van der Waals surface area contributed by atoms with E-state index in [-0.39, 0.29) is 11.3 Å². The molecule has 2 fully saturated rings. The van der Waals surface area contributed by atoms with Crippen LogP contribution >= 0.6 is 0 Å². The number of rotatable bonds is 4. The second kappa shape index (κ2) is 7.93. The molecule has 28 heavy (non-hydrogen) atoms. The van der Waals surface area contributed by atoms with Gasteiger partial charge in [-0.25, -0.2) is 8.78 Å².